The largest absolute Gasteiger partial charge is 0.398 e. The van der Waals surface area contributed by atoms with Crippen LogP contribution in [-0.4, -0.2) is 26.2 Å². The normalized spacial score (nSPS) is 13.5. The Kier molecular flexibility index (Phi) is 5.79. The summed E-state index contributed by atoms with van der Waals surface area (Å²) in [7, 11) is -3.63. The maximum Gasteiger partial charge on any atom is 0.241 e. The van der Waals surface area contributed by atoms with Crippen LogP contribution in [0.4, 0.5) is 5.69 Å². The predicted octanol–water partition coefficient (Wildman–Crippen LogP) is 1.78. The van der Waals surface area contributed by atoms with Gasteiger partial charge in [0.2, 0.25) is 10.0 Å². The molecule has 5 nitrogen and oxygen atoms in total. The summed E-state index contributed by atoms with van der Waals surface area (Å²) in [6.45, 7) is 3.53. The first kappa shape index (κ1) is 16.4. The van der Waals surface area contributed by atoms with Crippen LogP contribution in [0.2, 0.25) is 0 Å². The molecule has 108 valence electrons. The van der Waals surface area contributed by atoms with E-state index in [-0.39, 0.29) is 17.5 Å². The molecule has 0 aliphatic rings. The first-order chi connectivity index (χ1) is 8.81. The zero-order valence-corrected chi connectivity index (χ0v) is 13.4. The molecule has 19 heavy (non-hydrogen) atoms. The number of nitrogens with one attached hydrogen (secondary N) is 1. The lowest BCUT2D eigenvalue weighted by Gasteiger charge is -2.17. The lowest BCUT2D eigenvalue weighted by atomic mass is 10.2. The maximum absolute atomic E-state index is 12.3. The summed E-state index contributed by atoms with van der Waals surface area (Å²) in [4.78, 5) is 0.171. The van der Waals surface area contributed by atoms with Crippen molar-refractivity contribution in [1.82, 2.24) is 4.72 Å². The van der Waals surface area contributed by atoms with E-state index < -0.39 is 10.0 Å². The van der Waals surface area contributed by atoms with Gasteiger partial charge in [-0.3, -0.25) is 0 Å². The Morgan fingerprint density at radius 1 is 1.47 bits per heavy atom. The van der Waals surface area contributed by atoms with E-state index in [0.29, 0.717) is 28.6 Å². The highest BCUT2D eigenvalue weighted by atomic mass is 79.9. The van der Waals surface area contributed by atoms with Crippen LogP contribution >= 0.6 is 15.9 Å². The summed E-state index contributed by atoms with van der Waals surface area (Å²) in [5.41, 5.74) is 6.72. The lowest BCUT2D eigenvalue weighted by molar-refractivity contribution is 0.270. The van der Waals surface area contributed by atoms with Gasteiger partial charge in [0.15, 0.2) is 0 Å². The lowest BCUT2D eigenvalue weighted by Crippen LogP contribution is -2.35. The Bertz CT molecular complexity index is 546. The van der Waals surface area contributed by atoms with E-state index in [1.807, 2.05) is 6.92 Å². The van der Waals surface area contributed by atoms with Crippen LogP contribution in [-0.2, 0) is 10.0 Å². The fourth-order valence-corrected chi connectivity index (χ4v) is 3.82. The van der Waals surface area contributed by atoms with E-state index in [1.165, 1.54) is 6.07 Å². The molecule has 7 heteroatoms. The molecule has 0 heterocycles. The molecule has 1 aromatic rings. The molecule has 0 saturated heterocycles. The quantitative estimate of drug-likeness (QED) is 0.681. The molecule has 1 atom stereocenters. The van der Waals surface area contributed by atoms with Gasteiger partial charge in [0.1, 0.15) is 0 Å². The van der Waals surface area contributed by atoms with Crippen molar-refractivity contribution in [3.8, 4) is 0 Å². The van der Waals surface area contributed by atoms with Crippen LogP contribution in [0.1, 0.15) is 25.3 Å². The van der Waals surface area contributed by atoms with E-state index in [9.17, 15) is 8.42 Å². The third kappa shape index (κ3) is 4.17. The third-order valence-electron chi connectivity index (χ3n) is 2.88. The second-order valence-electron chi connectivity index (χ2n) is 4.38. The van der Waals surface area contributed by atoms with Crippen molar-refractivity contribution in [3.05, 3.63) is 22.2 Å². The van der Waals surface area contributed by atoms with Gasteiger partial charge < -0.3 is 10.8 Å². The van der Waals surface area contributed by atoms with Crippen molar-refractivity contribution in [3.63, 3.8) is 0 Å². The Morgan fingerprint density at radius 3 is 2.63 bits per heavy atom. The van der Waals surface area contributed by atoms with Crippen LogP contribution in [0.25, 0.3) is 0 Å². The van der Waals surface area contributed by atoms with Gasteiger partial charge in [0, 0.05) is 22.8 Å². The minimum atomic E-state index is -3.63. The number of rotatable bonds is 6. The molecule has 1 unspecified atom stereocenters. The number of hydrogen-bond acceptors (Lipinski definition) is 4. The number of nitrogen functional groups attached to an aromatic ring is 1. The molecule has 1 aromatic carbocycles. The average molecular weight is 351 g/mol. The summed E-state index contributed by atoms with van der Waals surface area (Å²) in [5.74, 6) is 0. The highest BCUT2D eigenvalue weighted by molar-refractivity contribution is 9.10. The van der Waals surface area contributed by atoms with Crippen molar-refractivity contribution >= 4 is 31.6 Å². The molecular weight excluding hydrogens is 332 g/mol. The first-order valence-electron chi connectivity index (χ1n) is 6.00. The molecular formula is C12H19BrN2O3S. The number of aliphatic hydroxyl groups excluding tert-OH is 1. The molecule has 1 rings (SSSR count). The average Bonchev–Trinajstić information content (AvgIpc) is 2.32. The number of aliphatic hydroxyl groups is 1. The van der Waals surface area contributed by atoms with E-state index in [1.54, 1.807) is 13.0 Å². The van der Waals surface area contributed by atoms with Gasteiger partial charge in [-0.15, -0.1) is 0 Å². The number of aryl methyl sites for hydroxylation is 1. The standard InChI is InChI=1S/C12H19BrN2O3S/c1-3-9(4-5-16)15-19(17,18)12-7-11(14)10(13)6-8(12)2/h6-7,9,15-16H,3-5,14H2,1-2H3. The molecule has 0 amide bonds. The Morgan fingerprint density at radius 2 is 2.11 bits per heavy atom. The van der Waals surface area contributed by atoms with Gasteiger partial charge in [-0.05, 0) is 53.4 Å². The fourth-order valence-electron chi connectivity index (χ4n) is 1.74. The Hall–Kier alpha value is -0.630. The van der Waals surface area contributed by atoms with Crippen LogP contribution in [0.5, 0.6) is 0 Å². The number of benzene rings is 1. The minimum absolute atomic E-state index is 0.0531. The second kappa shape index (κ2) is 6.69. The first-order valence-corrected chi connectivity index (χ1v) is 8.28. The van der Waals surface area contributed by atoms with E-state index in [0.717, 1.165) is 0 Å². The molecule has 0 aromatic heterocycles. The highest BCUT2D eigenvalue weighted by Gasteiger charge is 2.21. The summed E-state index contributed by atoms with van der Waals surface area (Å²) in [6.07, 6.45) is 1.01. The van der Waals surface area contributed by atoms with Crippen molar-refractivity contribution in [2.75, 3.05) is 12.3 Å². The fraction of sp³-hybridized carbons (Fsp3) is 0.500. The van der Waals surface area contributed by atoms with Crippen molar-refractivity contribution < 1.29 is 13.5 Å². The van der Waals surface area contributed by atoms with E-state index in [2.05, 4.69) is 20.7 Å². The van der Waals surface area contributed by atoms with Crippen LogP contribution < -0.4 is 10.5 Å². The minimum Gasteiger partial charge on any atom is -0.398 e. The van der Waals surface area contributed by atoms with Crippen LogP contribution in [0.15, 0.2) is 21.5 Å². The second-order valence-corrected chi connectivity index (χ2v) is 6.91. The van der Waals surface area contributed by atoms with E-state index in [4.69, 9.17) is 10.8 Å². The summed E-state index contributed by atoms with van der Waals surface area (Å²) < 4.78 is 27.9. The van der Waals surface area contributed by atoms with Crippen LogP contribution in [0.3, 0.4) is 0 Å². The molecule has 0 aliphatic carbocycles. The number of anilines is 1. The smallest absolute Gasteiger partial charge is 0.241 e. The number of sulfonamides is 1. The zero-order chi connectivity index (χ0) is 14.6. The number of nitrogens with two attached hydrogens (primary N) is 1. The summed E-state index contributed by atoms with van der Waals surface area (Å²) >= 11 is 3.26. The van der Waals surface area contributed by atoms with E-state index >= 15 is 0 Å². The molecule has 0 fully saturated rings. The monoisotopic (exact) mass is 350 g/mol. The number of halogens is 1. The summed E-state index contributed by atoms with van der Waals surface area (Å²) in [6, 6.07) is 2.84. The van der Waals surface area contributed by atoms with Crippen LogP contribution in [0, 0.1) is 6.92 Å². The molecule has 0 radical (unpaired) electrons. The predicted molar refractivity (Wildman–Crippen MR) is 79.4 cm³/mol. The Labute approximate surface area is 122 Å². The van der Waals surface area contributed by atoms with Gasteiger partial charge in [0.05, 0.1) is 4.90 Å². The topological polar surface area (TPSA) is 92.4 Å². The van der Waals surface area contributed by atoms with Gasteiger partial charge in [-0.1, -0.05) is 6.92 Å². The molecule has 0 spiro atoms. The van der Waals surface area contributed by atoms with Gasteiger partial charge >= 0.3 is 0 Å². The molecule has 4 N–H and O–H groups in total. The Balaban J connectivity index is 3.10. The van der Waals surface area contributed by atoms with Gasteiger partial charge in [-0.2, -0.15) is 0 Å². The summed E-state index contributed by atoms with van der Waals surface area (Å²) in [5, 5.41) is 8.91. The third-order valence-corrected chi connectivity index (χ3v) is 5.23. The van der Waals surface area contributed by atoms with Gasteiger partial charge in [-0.25, -0.2) is 13.1 Å². The highest BCUT2D eigenvalue weighted by Crippen LogP contribution is 2.26. The van der Waals surface area contributed by atoms with Crippen molar-refractivity contribution in [2.45, 2.75) is 37.6 Å². The maximum atomic E-state index is 12.3. The molecule has 0 aliphatic heterocycles. The van der Waals surface area contributed by atoms with Crippen molar-refractivity contribution in [2.24, 2.45) is 0 Å². The van der Waals surface area contributed by atoms with Gasteiger partial charge in [0.25, 0.3) is 0 Å². The SMILES string of the molecule is CCC(CCO)NS(=O)(=O)c1cc(N)c(Br)cc1C. The zero-order valence-electron chi connectivity index (χ0n) is 11.0. The number of hydrogen-bond donors (Lipinski definition) is 3. The molecule has 0 bridgehead atoms. The molecule has 0 saturated carbocycles. The van der Waals surface area contributed by atoms with Crippen molar-refractivity contribution in [1.29, 1.82) is 0 Å².